The van der Waals surface area contributed by atoms with Crippen molar-refractivity contribution in [2.45, 2.75) is 26.3 Å². The molecule has 0 saturated heterocycles. The summed E-state index contributed by atoms with van der Waals surface area (Å²) >= 11 is 0. The number of rotatable bonds is 2. The Hall–Kier alpha value is -0.860. The van der Waals surface area contributed by atoms with Crippen molar-refractivity contribution in [2.75, 3.05) is 6.54 Å². The lowest BCUT2D eigenvalue weighted by Gasteiger charge is -2.25. The van der Waals surface area contributed by atoms with Crippen LogP contribution < -0.4 is 11.5 Å². The summed E-state index contributed by atoms with van der Waals surface area (Å²) in [5.74, 6) is 0. The third kappa shape index (κ3) is 2.08. The molecule has 1 aromatic carbocycles. The molecular weight excluding hydrogens is 160 g/mol. The van der Waals surface area contributed by atoms with Gasteiger partial charge in [0.2, 0.25) is 0 Å². The van der Waals surface area contributed by atoms with Gasteiger partial charge in [-0.15, -0.1) is 0 Å². The van der Waals surface area contributed by atoms with Gasteiger partial charge in [0.1, 0.15) is 0 Å². The van der Waals surface area contributed by atoms with Gasteiger partial charge in [-0.25, -0.2) is 0 Å². The first-order chi connectivity index (χ1) is 5.97. The first kappa shape index (κ1) is 10.2. The van der Waals surface area contributed by atoms with E-state index in [1.54, 1.807) is 0 Å². The summed E-state index contributed by atoms with van der Waals surface area (Å²) in [6.45, 7) is 6.58. The molecule has 13 heavy (non-hydrogen) atoms. The Kier molecular flexibility index (Phi) is 2.74. The molecule has 0 aromatic heterocycles. The summed E-state index contributed by atoms with van der Waals surface area (Å²) in [7, 11) is 0. The molecule has 1 atom stereocenters. The second-order valence-electron chi connectivity index (χ2n) is 3.94. The zero-order valence-electron chi connectivity index (χ0n) is 8.59. The van der Waals surface area contributed by atoms with Gasteiger partial charge in [-0.3, -0.25) is 0 Å². The zero-order chi connectivity index (χ0) is 10.1. The van der Waals surface area contributed by atoms with Crippen molar-refractivity contribution in [1.82, 2.24) is 0 Å². The van der Waals surface area contributed by atoms with E-state index in [1.807, 2.05) is 6.92 Å². The lowest BCUT2D eigenvalue weighted by Crippen LogP contribution is -2.41. The zero-order valence-corrected chi connectivity index (χ0v) is 8.59. The van der Waals surface area contributed by atoms with Gasteiger partial charge in [-0.1, -0.05) is 23.8 Å². The van der Waals surface area contributed by atoms with Gasteiger partial charge in [0.25, 0.3) is 0 Å². The summed E-state index contributed by atoms with van der Waals surface area (Å²) < 4.78 is 0. The lowest BCUT2D eigenvalue weighted by atomic mass is 9.89. The van der Waals surface area contributed by atoms with Crippen LogP contribution in [0.25, 0.3) is 0 Å². The van der Waals surface area contributed by atoms with E-state index < -0.39 is 5.54 Å². The molecule has 2 nitrogen and oxygen atoms in total. The molecule has 0 aliphatic heterocycles. The Bertz CT molecular complexity index is 303. The third-order valence-electron chi connectivity index (χ3n) is 2.42. The molecule has 0 heterocycles. The van der Waals surface area contributed by atoms with E-state index in [0.29, 0.717) is 6.54 Å². The maximum atomic E-state index is 6.06. The topological polar surface area (TPSA) is 52.0 Å². The van der Waals surface area contributed by atoms with Gasteiger partial charge in [0, 0.05) is 6.54 Å². The second kappa shape index (κ2) is 3.48. The summed E-state index contributed by atoms with van der Waals surface area (Å²) in [5.41, 5.74) is 14.9. The molecule has 0 bridgehead atoms. The number of benzene rings is 1. The largest absolute Gasteiger partial charge is 0.328 e. The van der Waals surface area contributed by atoms with Crippen molar-refractivity contribution in [1.29, 1.82) is 0 Å². The highest BCUT2D eigenvalue weighted by Gasteiger charge is 2.20. The van der Waals surface area contributed by atoms with Crippen LogP contribution in [0.3, 0.4) is 0 Å². The Morgan fingerprint density at radius 1 is 1.31 bits per heavy atom. The quantitative estimate of drug-likeness (QED) is 0.720. The highest BCUT2D eigenvalue weighted by molar-refractivity contribution is 5.35. The molecule has 0 aliphatic carbocycles. The number of hydrogen-bond donors (Lipinski definition) is 2. The second-order valence-corrected chi connectivity index (χ2v) is 3.94. The number of aryl methyl sites for hydroxylation is 2. The molecular formula is C11H18N2. The standard InChI is InChI=1S/C11H18N2/c1-8-4-5-10(9(2)6-8)11(3,13)7-12/h4-6H,7,12-13H2,1-3H3. The number of nitrogens with two attached hydrogens (primary N) is 2. The van der Waals surface area contributed by atoms with Gasteiger partial charge >= 0.3 is 0 Å². The fraction of sp³-hybridized carbons (Fsp3) is 0.455. The molecule has 1 unspecified atom stereocenters. The van der Waals surface area contributed by atoms with Crippen LogP contribution in [-0.2, 0) is 5.54 Å². The van der Waals surface area contributed by atoms with E-state index in [4.69, 9.17) is 11.5 Å². The lowest BCUT2D eigenvalue weighted by molar-refractivity contribution is 0.505. The summed E-state index contributed by atoms with van der Waals surface area (Å²) in [4.78, 5) is 0. The van der Waals surface area contributed by atoms with Crippen LogP contribution in [-0.4, -0.2) is 6.54 Å². The number of hydrogen-bond acceptors (Lipinski definition) is 2. The molecule has 0 amide bonds. The molecule has 4 N–H and O–H groups in total. The molecule has 0 radical (unpaired) electrons. The van der Waals surface area contributed by atoms with Crippen LogP contribution in [0.4, 0.5) is 0 Å². The predicted molar refractivity (Wildman–Crippen MR) is 56.5 cm³/mol. The van der Waals surface area contributed by atoms with Gasteiger partial charge in [-0.2, -0.15) is 0 Å². The predicted octanol–water partition coefficient (Wildman–Crippen LogP) is 1.44. The maximum Gasteiger partial charge on any atom is 0.0507 e. The molecule has 0 saturated carbocycles. The van der Waals surface area contributed by atoms with Crippen LogP contribution in [0.1, 0.15) is 23.6 Å². The SMILES string of the molecule is Cc1ccc(C(C)(N)CN)c(C)c1. The Morgan fingerprint density at radius 3 is 2.38 bits per heavy atom. The van der Waals surface area contributed by atoms with Crippen LogP contribution in [0, 0.1) is 13.8 Å². The van der Waals surface area contributed by atoms with Crippen molar-refractivity contribution in [2.24, 2.45) is 11.5 Å². The van der Waals surface area contributed by atoms with Crippen molar-refractivity contribution in [3.05, 3.63) is 34.9 Å². The molecule has 0 aliphatic rings. The molecule has 1 aromatic rings. The molecule has 72 valence electrons. The third-order valence-corrected chi connectivity index (χ3v) is 2.42. The average molecular weight is 178 g/mol. The average Bonchev–Trinajstić information content (AvgIpc) is 2.03. The minimum atomic E-state index is -0.405. The summed E-state index contributed by atoms with van der Waals surface area (Å²) in [6, 6.07) is 6.27. The highest BCUT2D eigenvalue weighted by atomic mass is 14.8. The maximum absolute atomic E-state index is 6.06. The highest BCUT2D eigenvalue weighted by Crippen LogP contribution is 2.21. The monoisotopic (exact) mass is 178 g/mol. The van der Waals surface area contributed by atoms with Crippen LogP contribution in [0.15, 0.2) is 18.2 Å². The molecule has 0 spiro atoms. The van der Waals surface area contributed by atoms with Crippen molar-refractivity contribution in [3.8, 4) is 0 Å². The van der Waals surface area contributed by atoms with Crippen LogP contribution in [0.2, 0.25) is 0 Å². The Morgan fingerprint density at radius 2 is 1.92 bits per heavy atom. The van der Waals surface area contributed by atoms with E-state index in [2.05, 4.69) is 32.0 Å². The van der Waals surface area contributed by atoms with Crippen molar-refractivity contribution >= 4 is 0 Å². The normalized spacial score (nSPS) is 15.5. The summed E-state index contributed by atoms with van der Waals surface area (Å²) in [5, 5.41) is 0. The van der Waals surface area contributed by atoms with E-state index in [1.165, 1.54) is 11.1 Å². The molecule has 1 rings (SSSR count). The smallest absolute Gasteiger partial charge is 0.0507 e. The van der Waals surface area contributed by atoms with Gasteiger partial charge < -0.3 is 11.5 Å². The molecule has 2 heteroatoms. The van der Waals surface area contributed by atoms with Crippen molar-refractivity contribution < 1.29 is 0 Å². The van der Waals surface area contributed by atoms with Gasteiger partial charge in [0.05, 0.1) is 5.54 Å². The van der Waals surface area contributed by atoms with Gasteiger partial charge in [-0.05, 0) is 31.9 Å². The van der Waals surface area contributed by atoms with Gasteiger partial charge in [0.15, 0.2) is 0 Å². The van der Waals surface area contributed by atoms with E-state index in [9.17, 15) is 0 Å². The first-order valence-corrected chi connectivity index (χ1v) is 4.54. The van der Waals surface area contributed by atoms with Crippen LogP contribution >= 0.6 is 0 Å². The Balaban J connectivity index is 3.16. The van der Waals surface area contributed by atoms with E-state index in [-0.39, 0.29) is 0 Å². The molecule has 0 fully saturated rings. The minimum Gasteiger partial charge on any atom is -0.328 e. The van der Waals surface area contributed by atoms with E-state index in [0.717, 1.165) is 5.56 Å². The van der Waals surface area contributed by atoms with Crippen molar-refractivity contribution in [3.63, 3.8) is 0 Å². The minimum absolute atomic E-state index is 0.405. The first-order valence-electron chi connectivity index (χ1n) is 4.54. The van der Waals surface area contributed by atoms with E-state index >= 15 is 0 Å². The Labute approximate surface area is 79.9 Å². The fourth-order valence-electron chi connectivity index (χ4n) is 1.56. The fourth-order valence-corrected chi connectivity index (χ4v) is 1.56. The summed E-state index contributed by atoms with van der Waals surface area (Å²) in [6.07, 6.45) is 0. The van der Waals surface area contributed by atoms with Crippen LogP contribution in [0.5, 0.6) is 0 Å².